The van der Waals surface area contributed by atoms with E-state index in [4.69, 9.17) is 20.8 Å². The molecule has 0 aliphatic rings. The first-order valence-corrected chi connectivity index (χ1v) is 10.8. The van der Waals surface area contributed by atoms with Crippen molar-refractivity contribution >= 4 is 35.0 Å². The molecule has 158 valence electrons. The lowest BCUT2D eigenvalue weighted by Gasteiger charge is -2.10. The second-order valence-electron chi connectivity index (χ2n) is 6.52. The molecule has 1 N–H and O–H groups in total. The van der Waals surface area contributed by atoms with Gasteiger partial charge in [0.05, 0.1) is 36.4 Å². The summed E-state index contributed by atoms with van der Waals surface area (Å²) in [5.41, 5.74) is 1.43. The lowest BCUT2D eigenvalue weighted by Crippen LogP contribution is -2.15. The summed E-state index contributed by atoms with van der Waals surface area (Å²) in [4.78, 5) is 12.4. The summed E-state index contributed by atoms with van der Waals surface area (Å²) >= 11 is 7.41. The molecule has 7 nitrogen and oxygen atoms in total. The molecule has 31 heavy (non-hydrogen) atoms. The van der Waals surface area contributed by atoms with E-state index in [9.17, 15) is 4.79 Å². The minimum Gasteiger partial charge on any atom is -0.497 e. The number of nitrogens with zero attached hydrogens (tertiary/aromatic N) is 3. The summed E-state index contributed by atoms with van der Waals surface area (Å²) in [6.45, 7) is 0.432. The lowest BCUT2D eigenvalue weighted by molar-refractivity contribution is -0.113. The highest BCUT2D eigenvalue weighted by Gasteiger charge is 2.18. The zero-order valence-electron chi connectivity index (χ0n) is 16.6. The summed E-state index contributed by atoms with van der Waals surface area (Å²) in [5, 5.41) is 12.6. The second kappa shape index (κ2) is 9.72. The maximum absolute atomic E-state index is 12.4. The van der Waals surface area contributed by atoms with Gasteiger partial charge in [-0.1, -0.05) is 47.6 Å². The number of aromatic nitrogens is 3. The first-order chi connectivity index (χ1) is 15.1. The number of furan rings is 1. The van der Waals surface area contributed by atoms with Crippen molar-refractivity contribution in [2.24, 2.45) is 0 Å². The molecule has 0 saturated carbocycles. The fourth-order valence-electron chi connectivity index (χ4n) is 2.95. The number of anilines is 1. The number of ether oxygens (including phenoxy) is 1. The zero-order chi connectivity index (χ0) is 21.6. The van der Waals surface area contributed by atoms with Crippen molar-refractivity contribution in [2.75, 3.05) is 18.2 Å². The van der Waals surface area contributed by atoms with Crippen molar-refractivity contribution in [3.63, 3.8) is 0 Å². The van der Waals surface area contributed by atoms with Gasteiger partial charge in [0.25, 0.3) is 0 Å². The van der Waals surface area contributed by atoms with Crippen LogP contribution in [0.1, 0.15) is 5.76 Å². The van der Waals surface area contributed by atoms with E-state index in [1.54, 1.807) is 25.5 Å². The van der Waals surface area contributed by atoms with Crippen LogP contribution in [-0.4, -0.2) is 33.5 Å². The summed E-state index contributed by atoms with van der Waals surface area (Å²) in [7, 11) is 1.62. The highest BCUT2D eigenvalue weighted by molar-refractivity contribution is 7.99. The topological polar surface area (TPSA) is 82.2 Å². The number of amides is 1. The molecular formula is C22H19ClN4O3S. The fourth-order valence-corrected chi connectivity index (χ4v) is 3.87. The van der Waals surface area contributed by atoms with Gasteiger partial charge in [-0.3, -0.25) is 9.36 Å². The van der Waals surface area contributed by atoms with E-state index in [0.29, 0.717) is 28.2 Å². The molecule has 9 heteroatoms. The molecular weight excluding hydrogens is 436 g/mol. The van der Waals surface area contributed by atoms with Crippen LogP contribution in [0.15, 0.2) is 76.5 Å². The van der Waals surface area contributed by atoms with Gasteiger partial charge < -0.3 is 14.5 Å². The van der Waals surface area contributed by atoms with Gasteiger partial charge in [-0.25, -0.2) is 0 Å². The van der Waals surface area contributed by atoms with Gasteiger partial charge in [-0.15, -0.1) is 10.2 Å². The van der Waals surface area contributed by atoms with Gasteiger partial charge in [-0.2, -0.15) is 0 Å². The number of hydrogen-bond acceptors (Lipinski definition) is 6. The van der Waals surface area contributed by atoms with Crippen molar-refractivity contribution < 1.29 is 13.9 Å². The number of benzene rings is 2. The van der Waals surface area contributed by atoms with Crippen LogP contribution in [0, 0.1) is 0 Å². The van der Waals surface area contributed by atoms with Crippen LogP contribution in [-0.2, 0) is 11.3 Å². The molecule has 1 amide bonds. The van der Waals surface area contributed by atoms with E-state index in [1.165, 1.54) is 11.8 Å². The molecule has 0 radical (unpaired) electrons. The Morgan fingerprint density at radius 1 is 1.16 bits per heavy atom. The molecule has 0 spiro atoms. The maximum Gasteiger partial charge on any atom is 0.234 e. The summed E-state index contributed by atoms with van der Waals surface area (Å²) in [6, 6.07) is 18.4. The summed E-state index contributed by atoms with van der Waals surface area (Å²) in [6.07, 6.45) is 1.62. The van der Waals surface area contributed by atoms with Crippen LogP contribution in [0.25, 0.3) is 11.4 Å². The maximum atomic E-state index is 12.4. The number of halogens is 1. The van der Waals surface area contributed by atoms with Gasteiger partial charge in [0.2, 0.25) is 5.91 Å². The fraction of sp³-hybridized carbons (Fsp3) is 0.136. The van der Waals surface area contributed by atoms with Crippen molar-refractivity contribution in [2.45, 2.75) is 11.7 Å². The molecule has 2 heterocycles. The Morgan fingerprint density at radius 3 is 2.81 bits per heavy atom. The van der Waals surface area contributed by atoms with Gasteiger partial charge >= 0.3 is 0 Å². The molecule has 4 aromatic rings. The number of thioether (sulfide) groups is 1. The van der Waals surface area contributed by atoms with Gasteiger partial charge in [0.15, 0.2) is 11.0 Å². The predicted molar refractivity (Wildman–Crippen MR) is 121 cm³/mol. The van der Waals surface area contributed by atoms with E-state index in [2.05, 4.69) is 15.5 Å². The third kappa shape index (κ3) is 5.10. The molecule has 0 aliphatic carbocycles. The van der Waals surface area contributed by atoms with E-state index in [-0.39, 0.29) is 11.7 Å². The first kappa shape index (κ1) is 21.0. The lowest BCUT2D eigenvalue weighted by atomic mass is 10.2. The Balaban J connectivity index is 1.56. The van der Waals surface area contributed by atoms with Crippen LogP contribution in [0.2, 0.25) is 5.02 Å². The Bertz CT molecular complexity index is 1180. The van der Waals surface area contributed by atoms with Crippen LogP contribution >= 0.6 is 23.4 Å². The Hall–Kier alpha value is -3.23. The Morgan fingerprint density at radius 2 is 2.03 bits per heavy atom. The number of nitrogens with one attached hydrogen (secondary N) is 1. The van der Waals surface area contributed by atoms with E-state index in [1.807, 2.05) is 53.1 Å². The normalized spacial score (nSPS) is 10.8. The SMILES string of the molecule is COc1cccc(-c2nnc(SCC(=O)Nc3ccccc3Cl)n2Cc2ccco2)c1. The highest BCUT2D eigenvalue weighted by Crippen LogP contribution is 2.28. The first-order valence-electron chi connectivity index (χ1n) is 9.41. The zero-order valence-corrected chi connectivity index (χ0v) is 18.2. The van der Waals surface area contributed by atoms with Crippen LogP contribution in [0.5, 0.6) is 5.75 Å². The van der Waals surface area contributed by atoms with Crippen molar-refractivity contribution in [1.29, 1.82) is 0 Å². The average Bonchev–Trinajstić information content (AvgIpc) is 3.44. The predicted octanol–water partition coefficient (Wildman–Crippen LogP) is 4.98. The second-order valence-corrected chi connectivity index (χ2v) is 7.87. The Kier molecular flexibility index (Phi) is 6.59. The van der Waals surface area contributed by atoms with Gasteiger partial charge in [-0.05, 0) is 36.4 Å². The summed E-state index contributed by atoms with van der Waals surface area (Å²) in [5.74, 6) is 2.10. The van der Waals surface area contributed by atoms with Crippen molar-refractivity contribution in [3.05, 3.63) is 77.7 Å². The number of carbonyl (C=O) groups is 1. The van der Waals surface area contributed by atoms with Gasteiger partial charge in [0.1, 0.15) is 11.5 Å². The third-order valence-electron chi connectivity index (χ3n) is 4.42. The number of hydrogen-bond donors (Lipinski definition) is 1. The summed E-state index contributed by atoms with van der Waals surface area (Å²) < 4.78 is 12.8. The molecule has 0 bridgehead atoms. The molecule has 4 rings (SSSR count). The molecule has 2 aromatic carbocycles. The molecule has 0 fully saturated rings. The number of carbonyl (C=O) groups excluding carboxylic acids is 1. The average molecular weight is 455 g/mol. The number of methoxy groups -OCH3 is 1. The molecule has 0 aliphatic heterocycles. The molecule has 0 atom stereocenters. The van der Waals surface area contributed by atoms with Crippen molar-refractivity contribution in [3.8, 4) is 17.1 Å². The van der Waals surface area contributed by atoms with Crippen LogP contribution in [0.3, 0.4) is 0 Å². The standard InChI is InChI=1S/C22H19ClN4O3S/c1-29-16-7-4-6-15(12-16)21-25-26-22(27(21)13-17-8-5-11-30-17)31-14-20(28)24-19-10-3-2-9-18(19)23/h2-12H,13-14H2,1H3,(H,24,28). The highest BCUT2D eigenvalue weighted by atomic mass is 35.5. The van der Waals surface area contributed by atoms with Gasteiger partial charge in [0, 0.05) is 5.56 Å². The number of para-hydroxylation sites is 1. The van der Waals surface area contributed by atoms with Crippen LogP contribution < -0.4 is 10.1 Å². The number of rotatable bonds is 8. The van der Waals surface area contributed by atoms with Crippen molar-refractivity contribution in [1.82, 2.24) is 14.8 Å². The molecule has 0 saturated heterocycles. The molecule has 2 aromatic heterocycles. The minimum atomic E-state index is -0.187. The largest absolute Gasteiger partial charge is 0.497 e. The van der Waals surface area contributed by atoms with Crippen LogP contribution in [0.4, 0.5) is 5.69 Å². The molecule has 0 unspecified atom stereocenters. The minimum absolute atomic E-state index is 0.152. The Labute approximate surface area is 188 Å². The quantitative estimate of drug-likeness (QED) is 0.378. The third-order valence-corrected chi connectivity index (χ3v) is 5.72. The monoisotopic (exact) mass is 454 g/mol. The van der Waals surface area contributed by atoms with E-state index >= 15 is 0 Å². The van der Waals surface area contributed by atoms with E-state index in [0.717, 1.165) is 17.1 Å². The smallest absolute Gasteiger partial charge is 0.234 e. The van der Waals surface area contributed by atoms with E-state index < -0.39 is 0 Å².